The fourth-order valence-electron chi connectivity index (χ4n) is 2.25. The first-order valence-corrected chi connectivity index (χ1v) is 8.05. The number of ether oxygens (including phenoxy) is 2. The molecule has 116 valence electrons. The van der Waals surface area contributed by atoms with Gasteiger partial charge in [-0.05, 0) is 13.0 Å². The van der Waals surface area contributed by atoms with Gasteiger partial charge in [0.2, 0.25) is 0 Å². The van der Waals surface area contributed by atoms with E-state index >= 15 is 0 Å². The maximum atomic E-state index is 5.15. The minimum atomic E-state index is 0.820. The van der Waals surface area contributed by atoms with E-state index < -0.39 is 0 Å². The van der Waals surface area contributed by atoms with Gasteiger partial charge in [0.05, 0.1) is 13.2 Å². The van der Waals surface area contributed by atoms with Gasteiger partial charge >= 0.3 is 0 Å². The van der Waals surface area contributed by atoms with E-state index in [0.717, 1.165) is 26.3 Å². The summed E-state index contributed by atoms with van der Waals surface area (Å²) in [5, 5.41) is 0. The minimum Gasteiger partial charge on any atom is -0.383 e. The van der Waals surface area contributed by atoms with Crippen molar-refractivity contribution in [3.63, 3.8) is 0 Å². The van der Waals surface area contributed by atoms with Crippen molar-refractivity contribution in [3.8, 4) is 0 Å². The number of rotatable bonds is 15. The number of unbranched alkanes of at least 4 members (excludes halogenated alkanes) is 7. The van der Waals surface area contributed by atoms with Crippen LogP contribution in [0.15, 0.2) is 0 Å². The maximum absolute atomic E-state index is 5.15. The van der Waals surface area contributed by atoms with E-state index in [4.69, 9.17) is 9.47 Å². The molecule has 0 heterocycles. The normalized spacial score (nSPS) is 11.4. The molecule has 19 heavy (non-hydrogen) atoms. The summed E-state index contributed by atoms with van der Waals surface area (Å²) in [7, 11) is 3.54. The van der Waals surface area contributed by atoms with E-state index in [0.29, 0.717) is 0 Å². The van der Waals surface area contributed by atoms with E-state index in [9.17, 15) is 0 Å². The molecule has 0 aromatic heterocycles. The summed E-state index contributed by atoms with van der Waals surface area (Å²) < 4.78 is 10.3. The number of nitrogens with zero attached hydrogens (tertiary/aromatic N) is 1. The monoisotopic (exact) mass is 273 g/mol. The van der Waals surface area contributed by atoms with Crippen LogP contribution in [0.3, 0.4) is 0 Å². The molecule has 0 rings (SSSR count). The standard InChI is InChI=1S/C16H35NO2/c1-4-5-6-7-8-9-10-11-12-17(13-15-18-2)14-16-19-3/h4-16H2,1-3H3. The lowest BCUT2D eigenvalue weighted by atomic mass is 10.1. The van der Waals surface area contributed by atoms with Gasteiger partial charge in [-0.25, -0.2) is 0 Å². The third-order valence-electron chi connectivity index (χ3n) is 3.55. The van der Waals surface area contributed by atoms with Crippen molar-refractivity contribution in [2.45, 2.75) is 58.3 Å². The Morgan fingerprint density at radius 2 is 1.11 bits per heavy atom. The van der Waals surface area contributed by atoms with Gasteiger partial charge < -0.3 is 9.47 Å². The van der Waals surface area contributed by atoms with Crippen molar-refractivity contribution >= 4 is 0 Å². The maximum Gasteiger partial charge on any atom is 0.0589 e. The average Bonchev–Trinajstić information content (AvgIpc) is 2.43. The van der Waals surface area contributed by atoms with E-state index in [1.807, 2.05) is 0 Å². The van der Waals surface area contributed by atoms with Crippen LogP contribution >= 0.6 is 0 Å². The Kier molecular flexibility index (Phi) is 15.8. The van der Waals surface area contributed by atoms with E-state index in [2.05, 4.69) is 11.8 Å². The fourth-order valence-corrected chi connectivity index (χ4v) is 2.25. The second-order valence-corrected chi connectivity index (χ2v) is 5.30. The van der Waals surface area contributed by atoms with Gasteiger partial charge in [0, 0.05) is 27.3 Å². The lowest BCUT2D eigenvalue weighted by molar-refractivity contribution is 0.113. The molecule has 0 saturated carbocycles. The SMILES string of the molecule is CCCCCCCCCCN(CCOC)CCOC. The molecule has 0 aliphatic carbocycles. The number of hydrogen-bond acceptors (Lipinski definition) is 3. The molecule has 0 N–H and O–H groups in total. The molecule has 0 bridgehead atoms. The molecule has 0 saturated heterocycles. The van der Waals surface area contributed by atoms with Crippen LogP contribution in [0.5, 0.6) is 0 Å². The summed E-state index contributed by atoms with van der Waals surface area (Å²) in [5.74, 6) is 0. The van der Waals surface area contributed by atoms with Crippen LogP contribution in [-0.2, 0) is 9.47 Å². The molecule has 0 radical (unpaired) electrons. The molecule has 3 nitrogen and oxygen atoms in total. The van der Waals surface area contributed by atoms with Crippen LogP contribution in [0.4, 0.5) is 0 Å². The molecule has 0 aliphatic heterocycles. The van der Waals surface area contributed by atoms with Crippen molar-refractivity contribution in [2.75, 3.05) is 47.1 Å². The summed E-state index contributed by atoms with van der Waals surface area (Å²) in [6.45, 7) is 7.14. The highest BCUT2D eigenvalue weighted by molar-refractivity contribution is 4.58. The highest BCUT2D eigenvalue weighted by atomic mass is 16.5. The van der Waals surface area contributed by atoms with Gasteiger partial charge in [0.1, 0.15) is 0 Å². The Morgan fingerprint density at radius 3 is 1.58 bits per heavy atom. The molecule has 0 atom stereocenters. The van der Waals surface area contributed by atoms with Crippen molar-refractivity contribution in [3.05, 3.63) is 0 Å². The molecule has 0 spiro atoms. The third kappa shape index (κ3) is 14.1. The van der Waals surface area contributed by atoms with E-state index in [1.54, 1.807) is 14.2 Å². The summed E-state index contributed by atoms with van der Waals surface area (Å²) in [5.41, 5.74) is 0. The molecule has 0 aromatic rings. The fraction of sp³-hybridized carbons (Fsp3) is 1.00. The zero-order valence-electron chi connectivity index (χ0n) is 13.5. The predicted molar refractivity (Wildman–Crippen MR) is 82.8 cm³/mol. The Morgan fingerprint density at radius 1 is 0.632 bits per heavy atom. The molecule has 0 fully saturated rings. The van der Waals surface area contributed by atoms with Crippen LogP contribution in [-0.4, -0.2) is 52.0 Å². The second kappa shape index (κ2) is 15.9. The van der Waals surface area contributed by atoms with Crippen LogP contribution < -0.4 is 0 Å². The second-order valence-electron chi connectivity index (χ2n) is 5.30. The van der Waals surface area contributed by atoms with Crippen LogP contribution in [0.1, 0.15) is 58.3 Å². The van der Waals surface area contributed by atoms with Crippen molar-refractivity contribution < 1.29 is 9.47 Å². The van der Waals surface area contributed by atoms with Gasteiger partial charge in [-0.3, -0.25) is 4.90 Å². The number of methoxy groups -OCH3 is 2. The van der Waals surface area contributed by atoms with Crippen molar-refractivity contribution in [1.82, 2.24) is 4.90 Å². The summed E-state index contributed by atoms with van der Waals surface area (Å²) in [4.78, 5) is 2.45. The molecule has 3 heteroatoms. The zero-order valence-corrected chi connectivity index (χ0v) is 13.5. The molecule has 0 amide bonds. The minimum absolute atomic E-state index is 0.820. The first-order valence-electron chi connectivity index (χ1n) is 8.05. The molecule has 0 unspecified atom stereocenters. The lowest BCUT2D eigenvalue weighted by Gasteiger charge is -2.21. The summed E-state index contributed by atoms with van der Waals surface area (Å²) in [6, 6.07) is 0. The Bertz CT molecular complexity index is 157. The Balaban J connectivity index is 3.40. The highest BCUT2D eigenvalue weighted by Crippen LogP contribution is 2.08. The van der Waals surface area contributed by atoms with Crippen LogP contribution in [0.2, 0.25) is 0 Å². The van der Waals surface area contributed by atoms with Gasteiger partial charge in [-0.15, -0.1) is 0 Å². The van der Waals surface area contributed by atoms with Gasteiger partial charge in [0.15, 0.2) is 0 Å². The van der Waals surface area contributed by atoms with Gasteiger partial charge in [0.25, 0.3) is 0 Å². The summed E-state index contributed by atoms with van der Waals surface area (Å²) in [6.07, 6.45) is 11.1. The summed E-state index contributed by atoms with van der Waals surface area (Å²) >= 11 is 0. The van der Waals surface area contributed by atoms with Gasteiger partial charge in [-0.1, -0.05) is 51.9 Å². The first kappa shape index (κ1) is 18.9. The zero-order chi connectivity index (χ0) is 14.2. The largest absolute Gasteiger partial charge is 0.383 e. The molecular weight excluding hydrogens is 238 g/mol. The molecular formula is C16H35NO2. The molecule has 0 aromatic carbocycles. The quantitative estimate of drug-likeness (QED) is 0.424. The lowest BCUT2D eigenvalue weighted by Crippen LogP contribution is -2.31. The molecule has 0 aliphatic rings. The topological polar surface area (TPSA) is 21.7 Å². The smallest absolute Gasteiger partial charge is 0.0589 e. The van der Waals surface area contributed by atoms with Crippen molar-refractivity contribution in [2.24, 2.45) is 0 Å². The van der Waals surface area contributed by atoms with Crippen LogP contribution in [0.25, 0.3) is 0 Å². The van der Waals surface area contributed by atoms with E-state index in [1.165, 1.54) is 57.9 Å². The van der Waals surface area contributed by atoms with Gasteiger partial charge in [-0.2, -0.15) is 0 Å². The highest BCUT2D eigenvalue weighted by Gasteiger charge is 2.03. The van der Waals surface area contributed by atoms with Crippen molar-refractivity contribution in [1.29, 1.82) is 0 Å². The first-order chi connectivity index (χ1) is 9.35. The van der Waals surface area contributed by atoms with E-state index in [-0.39, 0.29) is 0 Å². The average molecular weight is 273 g/mol. The Labute approximate surface area is 120 Å². The third-order valence-corrected chi connectivity index (χ3v) is 3.55. The Hall–Kier alpha value is -0.120. The number of hydrogen-bond donors (Lipinski definition) is 0. The predicted octanol–water partition coefficient (Wildman–Crippen LogP) is 3.72. The van der Waals surface area contributed by atoms with Crippen LogP contribution in [0, 0.1) is 0 Å².